The van der Waals surface area contributed by atoms with E-state index in [4.69, 9.17) is 66.3 Å². The van der Waals surface area contributed by atoms with Gasteiger partial charge in [0, 0.05) is 0 Å². The van der Waals surface area contributed by atoms with Gasteiger partial charge in [0.25, 0.3) is 0 Å². The van der Waals surface area contributed by atoms with Gasteiger partial charge in [-0.1, -0.05) is 46.3 Å². The average molecular weight is 1550 g/mol. The zero-order valence-corrected chi connectivity index (χ0v) is 60.3. The Morgan fingerprint density at radius 1 is 0.495 bits per heavy atom. The van der Waals surface area contributed by atoms with Crippen LogP contribution < -0.4 is 0 Å². The van der Waals surface area contributed by atoms with Crippen molar-refractivity contribution in [2.45, 2.75) is 308 Å². The molecule has 0 aromatic carbocycles. The Morgan fingerprint density at radius 3 is 1.59 bits per heavy atom. The van der Waals surface area contributed by atoms with Crippen LogP contribution in [0, 0.1) is 50.2 Å². The molecule has 4 saturated carbocycles. The minimum absolute atomic E-state index is 0.0626. The van der Waals surface area contributed by atoms with E-state index in [0.29, 0.717) is 19.3 Å². The molecular weight excluding hydrogens is 1440 g/mol. The molecule has 38 heteroatoms. The second-order valence-corrected chi connectivity index (χ2v) is 33.5. The number of rotatable bonds is 19. The number of esters is 1. The van der Waals surface area contributed by atoms with E-state index in [-0.39, 0.29) is 32.1 Å². The molecule has 42 atom stereocenters. The van der Waals surface area contributed by atoms with Crippen LogP contribution >= 0.6 is 0 Å². The SMILES string of the molecule is C[C@@H]1O[C@@H](O[C@H]2[C@H](OC(=O)[C@]34CCC(C)(C)C[C@H]3C3=CCC5[C@@]6(C)C[C@H](O)[C@H](O[C@@H]7O[C@H](CO)[C@@H](O)[C@H](O)[C@H]7O[C@@H]7O[C@H](CO)[C@@H](O)[C@H](O)[C@H]7O[C@@H]7O[C@H](CO)[C@@H](O)[C@H](O)[C@H]7O)[C@@](C)(C(=O)O)C6CC[C@@]5(C)[C@]3(C)C[C@H]4O)OC[C@H](O)[C@@H]2O)[C@H](O)[C@H](O[C@@H]2OC[C@](O)(CO)[C@H]2O)[C@H]1O[C@@H]1OC[C@@H](O)[C@H](O)[C@H]1O. The number of allylic oxidation sites excluding steroid dienone is 2. The first-order valence-electron chi connectivity index (χ1n) is 36.8. The molecule has 0 aromatic heterocycles. The predicted octanol–water partition coefficient (Wildman–Crippen LogP) is -8.61. The van der Waals surface area contributed by atoms with Gasteiger partial charge < -0.3 is 179 Å². The molecule has 107 heavy (non-hydrogen) atoms. The van der Waals surface area contributed by atoms with Crippen molar-refractivity contribution in [3.05, 3.63) is 11.6 Å². The van der Waals surface area contributed by atoms with Crippen molar-refractivity contribution in [1.29, 1.82) is 0 Å². The summed E-state index contributed by atoms with van der Waals surface area (Å²) in [6.45, 7) is 7.22. The molecule has 0 spiro atoms. The summed E-state index contributed by atoms with van der Waals surface area (Å²) in [7, 11) is 0. The number of carboxylic acid groups (broad SMARTS) is 1. The maximum absolute atomic E-state index is 15.8. The highest BCUT2D eigenvalue weighted by atomic mass is 16.8. The fourth-order valence-electron chi connectivity index (χ4n) is 20.2. The molecule has 22 N–H and O–H groups in total. The summed E-state index contributed by atoms with van der Waals surface area (Å²) in [5.74, 6) is -4.51. The van der Waals surface area contributed by atoms with Crippen LogP contribution in [0.5, 0.6) is 0 Å². The Labute approximate surface area is 614 Å². The highest BCUT2D eigenvalue weighted by Gasteiger charge is 2.75. The average Bonchev–Trinajstić information content (AvgIpc) is 0.912. The number of carbonyl (C=O) groups is 2. The Morgan fingerprint density at radius 2 is 1.01 bits per heavy atom. The van der Waals surface area contributed by atoms with E-state index < -0.39 is 317 Å². The van der Waals surface area contributed by atoms with Crippen LogP contribution in [0.3, 0.4) is 0 Å². The molecule has 11 fully saturated rings. The molecular formula is C69H110O38. The largest absolute Gasteiger partial charge is 0.481 e. The summed E-state index contributed by atoms with van der Waals surface area (Å²) >= 11 is 0. The van der Waals surface area contributed by atoms with Crippen molar-refractivity contribution in [2.75, 3.05) is 46.2 Å². The summed E-state index contributed by atoms with van der Waals surface area (Å²) in [4.78, 5) is 30.2. The van der Waals surface area contributed by atoms with Crippen LogP contribution in [-0.2, 0) is 75.9 Å². The highest BCUT2D eigenvalue weighted by Crippen LogP contribution is 2.76. The van der Waals surface area contributed by atoms with Gasteiger partial charge in [-0.3, -0.25) is 9.59 Å². The lowest BCUT2D eigenvalue weighted by atomic mass is 9.33. The number of carboxylic acids is 1. The number of aliphatic hydroxyl groups excluding tert-OH is 20. The van der Waals surface area contributed by atoms with Gasteiger partial charge in [-0.05, 0) is 105 Å². The van der Waals surface area contributed by atoms with E-state index in [9.17, 15) is 117 Å². The van der Waals surface area contributed by atoms with Gasteiger partial charge in [-0.15, -0.1) is 0 Å². The molecule has 12 aliphatic rings. The molecule has 0 bridgehead atoms. The summed E-state index contributed by atoms with van der Waals surface area (Å²) < 4.78 is 83.8. The molecule has 2 unspecified atom stereocenters. The van der Waals surface area contributed by atoms with Crippen LogP contribution in [0.4, 0.5) is 0 Å². The van der Waals surface area contributed by atoms with E-state index >= 15 is 4.79 Å². The summed E-state index contributed by atoms with van der Waals surface area (Å²) in [5, 5.41) is 245. The minimum Gasteiger partial charge on any atom is -0.481 e. The second kappa shape index (κ2) is 31.2. The molecule has 614 valence electrons. The Kier molecular flexibility index (Phi) is 24.4. The van der Waals surface area contributed by atoms with Crippen molar-refractivity contribution in [1.82, 2.24) is 0 Å². The lowest BCUT2D eigenvalue weighted by Gasteiger charge is -2.71. The third-order valence-electron chi connectivity index (χ3n) is 26.8. The summed E-state index contributed by atoms with van der Waals surface area (Å²) in [6.07, 6.45) is -57.4. The topological polar surface area (TPSA) is 608 Å². The number of aliphatic hydroxyl groups is 21. The number of hydrogen-bond acceptors (Lipinski definition) is 37. The number of hydrogen-bond donors (Lipinski definition) is 22. The molecule has 7 heterocycles. The number of fused-ring (bicyclic) bond motifs is 7. The second-order valence-electron chi connectivity index (χ2n) is 33.5. The van der Waals surface area contributed by atoms with Crippen LogP contribution in [0.15, 0.2) is 11.6 Å². The molecule has 0 amide bonds. The van der Waals surface area contributed by atoms with Gasteiger partial charge in [0.1, 0.15) is 145 Å². The highest BCUT2D eigenvalue weighted by molar-refractivity contribution is 5.80. The molecule has 0 aromatic rings. The van der Waals surface area contributed by atoms with Crippen LogP contribution in [0.25, 0.3) is 0 Å². The lowest BCUT2D eigenvalue weighted by Crippen LogP contribution is -2.71. The maximum atomic E-state index is 15.8. The van der Waals surface area contributed by atoms with Crippen molar-refractivity contribution in [2.24, 2.45) is 50.2 Å². The monoisotopic (exact) mass is 1550 g/mol. The smallest absolute Gasteiger partial charge is 0.317 e. The van der Waals surface area contributed by atoms with Crippen molar-refractivity contribution < 1.29 is 188 Å². The quantitative estimate of drug-likeness (QED) is 0.0324. The standard InChI is InChI=1S/C69H110O38/c1-24-47(101-54-44(86)36(78)28(75)20-94-54)48(102-60-52(89)68(93,22-73)23-96-60)46(88)56(97-24)103-49-37(79)29(76)21-95-57(49)107-62(92)69-13-12-63(2,3)14-26(69)25-8-9-33-64(4)15-27(74)53(67(7,61(90)91)34(64)10-11-65(33,5)66(25,6)16-35(69)77)106-59-51(43(85)40(82)32(19-72)100-59)105-58-50(42(84)39(81)31(18-71)99-58)104-55-45(87)41(83)38(80)30(17-70)98-55/h8,24,26-60,70-89,93H,9-23H2,1-7H3,(H,90,91)/t24-,26-,27-,28+,29-,30+,31+,32+,33?,34?,35+,36-,37-,38+,39+,40+,41-,42-,43-,44+,45+,46+,47-,48-,49+,50+,51+,52-,53-,54-,55-,56-,57-,58-,59-,60-,64+,65+,66+,67-,68+,69+/m0/s1. The van der Waals surface area contributed by atoms with Crippen molar-refractivity contribution in [3.8, 4) is 0 Å². The number of aliphatic carboxylic acids is 1. The van der Waals surface area contributed by atoms with Crippen LogP contribution in [-0.4, -0.2) is 379 Å². The zero-order chi connectivity index (χ0) is 78.2. The first kappa shape index (κ1) is 83.7. The van der Waals surface area contributed by atoms with E-state index in [1.54, 1.807) is 0 Å². The fourth-order valence-corrected chi connectivity index (χ4v) is 20.2. The summed E-state index contributed by atoms with van der Waals surface area (Å²) in [6, 6.07) is 0. The first-order chi connectivity index (χ1) is 50.2. The van der Waals surface area contributed by atoms with Gasteiger partial charge in [0.05, 0.1) is 70.0 Å². The van der Waals surface area contributed by atoms with Crippen LogP contribution in [0.2, 0.25) is 0 Å². The van der Waals surface area contributed by atoms with Gasteiger partial charge in [0.15, 0.2) is 43.8 Å². The van der Waals surface area contributed by atoms with Gasteiger partial charge >= 0.3 is 11.9 Å². The Bertz CT molecular complexity index is 3120. The minimum atomic E-state index is -2.23. The number of carbonyl (C=O) groups excluding carboxylic acids is 1. The van der Waals surface area contributed by atoms with E-state index in [1.807, 2.05) is 33.8 Å². The molecule has 38 nitrogen and oxygen atoms in total. The molecule has 7 aliphatic heterocycles. The van der Waals surface area contributed by atoms with E-state index in [2.05, 4.69) is 6.92 Å². The third kappa shape index (κ3) is 14.1. The van der Waals surface area contributed by atoms with E-state index in [1.165, 1.54) is 13.8 Å². The zero-order valence-electron chi connectivity index (χ0n) is 60.3. The Balaban J connectivity index is 0.804. The molecule has 5 aliphatic carbocycles. The third-order valence-corrected chi connectivity index (χ3v) is 26.8. The van der Waals surface area contributed by atoms with Gasteiger partial charge in [0.2, 0.25) is 6.29 Å². The van der Waals surface area contributed by atoms with Crippen LogP contribution in [0.1, 0.15) is 99.8 Å². The normalized spacial score (nSPS) is 54.9. The maximum Gasteiger partial charge on any atom is 0.317 e. The van der Waals surface area contributed by atoms with E-state index in [0.717, 1.165) is 5.57 Å². The van der Waals surface area contributed by atoms with Crippen molar-refractivity contribution in [3.63, 3.8) is 0 Å². The summed E-state index contributed by atoms with van der Waals surface area (Å²) in [5.41, 5.74) is -8.63. The van der Waals surface area contributed by atoms with Gasteiger partial charge in [-0.25, -0.2) is 0 Å². The van der Waals surface area contributed by atoms with Gasteiger partial charge in [-0.2, -0.15) is 0 Å². The molecule has 7 saturated heterocycles. The first-order valence-corrected chi connectivity index (χ1v) is 36.8. The Hall–Kier alpha value is -2.68. The molecule has 12 rings (SSSR count). The lowest BCUT2D eigenvalue weighted by molar-refractivity contribution is -0.400. The predicted molar refractivity (Wildman–Crippen MR) is 346 cm³/mol. The fraction of sp³-hybridized carbons (Fsp3) is 0.942. The number of ether oxygens (including phenoxy) is 14. The molecule has 0 radical (unpaired) electrons. The van der Waals surface area contributed by atoms with Crippen molar-refractivity contribution >= 4 is 11.9 Å².